The molecule has 1 aliphatic carbocycles. The molecule has 0 aliphatic heterocycles. The predicted octanol–water partition coefficient (Wildman–Crippen LogP) is 4.21. The third-order valence-corrected chi connectivity index (χ3v) is 4.44. The van der Waals surface area contributed by atoms with Crippen molar-refractivity contribution in [2.24, 2.45) is 5.41 Å². The number of halogens is 2. The molecule has 2 rings (SSSR count). The molecule has 0 bridgehead atoms. The summed E-state index contributed by atoms with van der Waals surface area (Å²) in [5.41, 5.74) is -0.569. The number of carboxylic acids is 1. The van der Waals surface area contributed by atoms with Gasteiger partial charge in [0.15, 0.2) is 0 Å². The van der Waals surface area contributed by atoms with E-state index in [0.29, 0.717) is 0 Å². The molecule has 1 fully saturated rings. The molecule has 0 saturated heterocycles. The Bertz CT molecular complexity index is 566. The van der Waals surface area contributed by atoms with Gasteiger partial charge in [0.05, 0.1) is 15.7 Å². The van der Waals surface area contributed by atoms with Crippen molar-refractivity contribution in [1.29, 1.82) is 0 Å². The van der Waals surface area contributed by atoms with Crippen LogP contribution in [-0.2, 0) is 4.79 Å². The van der Waals surface area contributed by atoms with E-state index in [1.54, 1.807) is 0 Å². The van der Waals surface area contributed by atoms with Crippen LogP contribution in [0.2, 0.25) is 10.0 Å². The van der Waals surface area contributed by atoms with E-state index in [0.717, 1.165) is 25.7 Å². The topological polar surface area (TPSA) is 66.4 Å². The van der Waals surface area contributed by atoms with Crippen molar-refractivity contribution in [2.75, 3.05) is 5.32 Å². The number of nitrogens with one attached hydrogen (secondary N) is 1. The summed E-state index contributed by atoms with van der Waals surface area (Å²) in [4.78, 5) is 23.7. The van der Waals surface area contributed by atoms with Gasteiger partial charge < -0.3 is 10.4 Å². The van der Waals surface area contributed by atoms with Gasteiger partial charge in [0, 0.05) is 5.41 Å². The molecule has 20 heavy (non-hydrogen) atoms. The minimum atomic E-state index is -1.22. The van der Waals surface area contributed by atoms with Gasteiger partial charge in [-0.25, -0.2) is 4.79 Å². The quantitative estimate of drug-likeness (QED) is 0.878. The van der Waals surface area contributed by atoms with E-state index in [9.17, 15) is 14.7 Å². The van der Waals surface area contributed by atoms with Crippen molar-refractivity contribution >= 4 is 40.8 Å². The van der Waals surface area contributed by atoms with Gasteiger partial charge in [-0.15, -0.1) is 0 Å². The van der Waals surface area contributed by atoms with E-state index in [1.807, 2.05) is 6.92 Å². The first-order chi connectivity index (χ1) is 9.35. The molecule has 0 spiro atoms. The number of benzene rings is 1. The van der Waals surface area contributed by atoms with Crippen LogP contribution in [0.3, 0.4) is 0 Å². The maximum atomic E-state index is 12.4. The third kappa shape index (κ3) is 2.76. The molecule has 108 valence electrons. The van der Waals surface area contributed by atoms with Crippen LogP contribution in [0.5, 0.6) is 0 Å². The highest BCUT2D eigenvalue weighted by Gasteiger charge is 2.37. The molecule has 0 unspecified atom stereocenters. The Labute approximate surface area is 127 Å². The summed E-state index contributed by atoms with van der Waals surface area (Å²) in [6, 6.07) is 2.88. The second-order valence-corrected chi connectivity index (χ2v) is 6.12. The van der Waals surface area contributed by atoms with Gasteiger partial charge in [0.25, 0.3) is 0 Å². The predicted molar refractivity (Wildman–Crippen MR) is 78.6 cm³/mol. The molecular weight excluding hydrogens is 301 g/mol. The van der Waals surface area contributed by atoms with Gasteiger partial charge in [-0.1, -0.05) is 43.0 Å². The van der Waals surface area contributed by atoms with Crippen molar-refractivity contribution in [3.8, 4) is 0 Å². The summed E-state index contributed by atoms with van der Waals surface area (Å²) < 4.78 is 0. The zero-order valence-electron chi connectivity index (χ0n) is 11.0. The number of aromatic carboxylic acids is 1. The fourth-order valence-corrected chi connectivity index (χ4v) is 2.97. The highest BCUT2D eigenvalue weighted by Crippen LogP contribution is 2.40. The lowest BCUT2D eigenvalue weighted by Crippen LogP contribution is -2.31. The lowest BCUT2D eigenvalue weighted by atomic mass is 9.87. The number of carbonyl (C=O) groups excluding carboxylic acids is 1. The van der Waals surface area contributed by atoms with Crippen LogP contribution in [0, 0.1) is 5.41 Å². The average Bonchev–Trinajstić information content (AvgIpc) is 2.81. The van der Waals surface area contributed by atoms with Crippen molar-refractivity contribution in [3.63, 3.8) is 0 Å². The van der Waals surface area contributed by atoms with E-state index in [-0.39, 0.29) is 27.2 Å². The number of anilines is 1. The molecule has 4 nitrogen and oxygen atoms in total. The molecule has 0 atom stereocenters. The first kappa shape index (κ1) is 15.1. The van der Waals surface area contributed by atoms with Crippen LogP contribution < -0.4 is 5.32 Å². The van der Waals surface area contributed by atoms with E-state index < -0.39 is 11.4 Å². The molecule has 1 saturated carbocycles. The maximum absolute atomic E-state index is 12.4. The second kappa shape index (κ2) is 5.62. The van der Waals surface area contributed by atoms with Crippen LogP contribution in [-0.4, -0.2) is 17.0 Å². The Balaban J connectivity index is 2.36. The fraction of sp³-hybridized carbons (Fsp3) is 0.429. The Hall–Kier alpha value is -1.26. The third-order valence-electron chi connectivity index (χ3n) is 3.81. The summed E-state index contributed by atoms with van der Waals surface area (Å²) in [5.74, 6) is -1.42. The lowest BCUT2D eigenvalue weighted by molar-refractivity contribution is -0.124. The molecule has 2 N–H and O–H groups in total. The van der Waals surface area contributed by atoms with Crippen LogP contribution in [0.4, 0.5) is 5.69 Å². The van der Waals surface area contributed by atoms with Crippen LogP contribution >= 0.6 is 23.2 Å². The number of amides is 1. The Morgan fingerprint density at radius 2 is 1.75 bits per heavy atom. The first-order valence-electron chi connectivity index (χ1n) is 6.38. The maximum Gasteiger partial charge on any atom is 0.339 e. The fourth-order valence-electron chi connectivity index (χ4n) is 2.53. The average molecular weight is 316 g/mol. The Morgan fingerprint density at radius 1 is 1.20 bits per heavy atom. The summed E-state index contributed by atoms with van der Waals surface area (Å²) in [5, 5.41) is 12.1. The molecule has 0 radical (unpaired) electrons. The SMILES string of the molecule is CC1(C(=O)Nc2c(Cl)ccc(Cl)c2C(=O)O)CCCC1. The summed E-state index contributed by atoms with van der Waals surface area (Å²) in [7, 11) is 0. The molecule has 1 aromatic carbocycles. The lowest BCUT2D eigenvalue weighted by Gasteiger charge is -2.23. The van der Waals surface area contributed by atoms with Crippen molar-refractivity contribution in [1.82, 2.24) is 0 Å². The molecule has 0 aromatic heterocycles. The van der Waals surface area contributed by atoms with E-state index in [2.05, 4.69) is 5.32 Å². The zero-order chi connectivity index (χ0) is 14.9. The first-order valence-corrected chi connectivity index (χ1v) is 7.13. The number of hydrogen-bond acceptors (Lipinski definition) is 2. The molecule has 6 heteroatoms. The van der Waals surface area contributed by atoms with Crippen LogP contribution in [0.1, 0.15) is 43.0 Å². The number of hydrogen-bond donors (Lipinski definition) is 2. The van der Waals surface area contributed by atoms with Crippen LogP contribution in [0.15, 0.2) is 12.1 Å². The van der Waals surface area contributed by atoms with Gasteiger partial charge >= 0.3 is 5.97 Å². The number of carboxylic acid groups (broad SMARTS) is 1. The van der Waals surface area contributed by atoms with Gasteiger partial charge in [-0.05, 0) is 25.0 Å². The normalized spacial score (nSPS) is 16.9. The van der Waals surface area contributed by atoms with E-state index in [1.165, 1.54) is 12.1 Å². The van der Waals surface area contributed by atoms with Crippen LogP contribution in [0.25, 0.3) is 0 Å². The zero-order valence-corrected chi connectivity index (χ0v) is 12.5. The second-order valence-electron chi connectivity index (χ2n) is 5.31. The minimum absolute atomic E-state index is 0.0498. The number of carbonyl (C=O) groups is 2. The summed E-state index contributed by atoms with van der Waals surface area (Å²) >= 11 is 11.9. The van der Waals surface area contributed by atoms with E-state index >= 15 is 0 Å². The van der Waals surface area contributed by atoms with Crippen molar-refractivity contribution < 1.29 is 14.7 Å². The van der Waals surface area contributed by atoms with Gasteiger partial charge in [-0.2, -0.15) is 0 Å². The van der Waals surface area contributed by atoms with Gasteiger partial charge in [-0.3, -0.25) is 4.79 Å². The summed E-state index contributed by atoms with van der Waals surface area (Å²) in [6.07, 6.45) is 3.58. The standard InChI is InChI=1S/C14H15Cl2NO3/c1-14(6-2-3-7-14)13(20)17-11-9(16)5-4-8(15)10(11)12(18)19/h4-5H,2-3,6-7H2,1H3,(H,17,20)(H,18,19). The molecular formula is C14H15Cl2NO3. The molecule has 0 heterocycles. The molecule has 1 amide bonds. The van der Waals surface area contributed by atoms with Gasteiger partial charge in [0.1, 0.15) is 5.56 Å². The Kier molecular flexibility index (Phi) is 4.25. The largest absolute Gasteiger partial charge is 0.478 e. The summed E-state index contributed by atoms with van der Waals surface area (Å²) in [6.45, 7) is 1.88. The smallest absolute Gasteiger partial charge is 0.339 e. The molecule has 1 aromatic rings. The Morgan fingerprint density at radius 3 is 2.30 bits per heavy atom. The highest BCUT2D eigenvalue weighted by atomic mass is 35.5. The minimum Gasteiger partial charge on any atom is -0.478 e. The van der Waals surface area contributed by atoms with E-state index in [4.69, 9.17) is 23.2 Å². The number of rotatable bonds is 3. The van der Waals surface area contributed by atoms with Gasteiger partial charge in [0.2, 0.25) is 5.91 Å². The monoisotopic (exact) mass is 315 g/mol. The molecule has 1 aliphatic rings. The van der Waals surface area contributed by atoms with Crippen molar-refractivity contribution in [3.05, 3.63) is 27.7 Å². The van der Waals surface area contributed by atoms with Crippen molar-refractivity contribution in [2.45, 2.75) is 32.6 Å². The highest BCUT2D eigenvalue weighted by molar-refractivity contribution is 6.38.